The molecule has 5 nitrogen and oxygen atoms in total. The van der Waals surface area contributed by atoms with Gasteiger partial charge in [0.05, 0.1) is 11.5 Å². The molecular weight excluding hydrogens is 388 g/mol. The van der Waals surface area contributed by atoms with Gasteiger partial charge in [0.25, 0.3) is 5.91 Å². The molecular formula is C18H16N2O3S3. The van der Waals surface area contributed by atoms with E-state index in [2.05, 4.69) is 0 Å². The first-order chi connectivity index (χ1) is 12.6. The third kappa shape index (κ3) is 4.21. The Morgan fingerprint density at radius 2 is 2.00 bits per heavy atom. The Hall–Kier alpha value is -2.00. The third-order valence-electron chi connectivity index (χ3n) is 3.68. The number of rotatable bonds is 6. The van der Waals surface area contributed by atoms with Gasteiger partial charge in [-0.2, -0.15) is 0 Å². The van der Waals surface area contributed by atoms with Gasteiger partial charge in [-0.3, -0.25) is 14.5 Å². The molecule has 0 bridgehead atoms. The van der Waals surface area contributed by atoms with Gasteiger partial charge in [0.2, 0.25) is 5.91 Å². The fraction of sp³-hybridized carbons (Fsp3) is 0.167. The van der Waals surface area contributed by atoms with Crippen LogP contribution in [0.5, 0.6) is 0 Å². The van der Waals surface area contributed by atoms with Crippen molar-refractivity contribution in [3.8, 4) is 0 Å². The lowest BCUT2D eigenvalue weighted by molar-refractivity contribution is -0.127. The van der Waals surface area contributed by atoms with Crippen LogP contribution in [0, 0.1) is 0 Å². The maximum absolute atomic E-state index is 12.7. The summed E-state index contributed by atoms with van der Waals surface area (Å²) in [6.45, 7) is -0.165. The minimum atomic E-state index is -0.293. The van der Waals surface area contributed by atoms with Crippen molar-refractivity contribution in [2.45, 2.75) is 0 Å². The van der Waals surface area contributed by atoms with Crippen molar-refractivity contribution in [2.75, 3.05) is 24.6 Å². The van der Waals surface area contributed by atoms with Crippen LogP contribution in [-0.2, 0) is 9.59 Å². The van der Waals surface area contributed by atoms with Gasteiger partial charge in [0.1, 0.15) is 10.9 Å². The predicted molar refractivity (Wildman–Crippen MR) is 110 cm³/mol. The molecule has 26 heavy (non-hydrogen) atoms. The maximum atomic E-state index is 12.7. The smallest absolute Gasteiger partial charge is 0.266 e. The summed E-state index contributed by atoms with van der Waals surface area (Å²) in [6.07, 6.45) is 1.79. The number of amides is 2. The van der Waals surface area contributed by atoms with E-state index in [1.165, 1.54) is 32.9 Å². The Morgan fingerprint density at radius 3 is 2.65 bits per heavy atom. The number of carbonyl (C=O) groups excluding carboxylic acids is 2. The highest BCUT2D eigenvalue weighted by Gasteiger charge is 2.34. The molecule has 0 saturated carbocycles. The van der Waals surface area contributed by atoms with Crippen molar-refractivity contribution in [1.82, 2.24) is 4.90 Å². The van der Waals surface area contributed by atoms with Crippen molar-refractivity contribution in [1.29, 1.82) is 0 Å². The highest BCUT2D eigenvalue weighted by atomic mass is 32.2. The highest BCUT2D eigenvalue weighted by molar-refractivity contribution is 8.26. The van der Waals surface area contributed by atoms with E-state index in [0.29, 0.717) is 14.9 Å². The van der Waals surface area contributed by atoms with Crippen LogP contribution in [0.4, 0.5) is 5.69 Å². The molecule has 0 atom stereocenters. The number of anilines is 1. The van der Waals surface area contributed by atoms with Crippen LogP contribution in [0.1, 0.15) is 4.88 Å². The Balaban J connectivity index is 1.75. The number of hydrogen-bond donors (Lipinski definition) is 1. The summed E-state index contributed by atoms with van der Waals surface area (Å²) in [5.74, 6) is -0.558. The third-order valence-corrected chi connectivity index (χ3v) is 5.87. The minimum Gasteiger partial charge on any atom is -0.395 e. The molecule has 1 aliphatic rings. The van der Waals surface area contributed by atoms with E-state index in [1.54, 1.807) is 18.2 Å². The van der Waals surface area contributed by atoms with Gasteiger partial charge in [0, 0.05) is 17.1 Å². The molecule has 134 valence electrons. The van der Waals surface area contributed by atoms with Crippen LogP contribution in [0.15, 0.2) is 52.7 Å². The molecule has 3 rings (SSSR count). The number of para-hydroxylation sites is 1. The predicted octanol–water partition coefficient (Wildman–Crippen LogP) is 2.97. The van der Waals surface area contributed by atoms with Crippen LogP contribution in [0.25, 0.3) is 6.08 Å². The number of nitrogens with zero attached hydrogens (tertiary/aromatic N) is 2. The van der Waals surface area contributed by atoms with Crippen molar-refractivity contribution < 1.29 is 14.7 Å². The average Bonchev–Trinajstić information content (AvgIpc) is 3.24. The molecule has 2 amide bonds. The van der Waals surface area contributed by atoms with E-state index >= 15 is 0 Å². The number of thiocarbonyl (C=S) groups is 1. The molecule has 1 aromatic heterocycles. The van der Waals surface area contributed by atoms with Crippen molar-refractivity contribution in [3.63, 3.8) is 0 Å². The van der Waals surface area contributed by atoms with E-state index in [1.807, 2.05) is 35.7 Å². The first kappa shape index (κ1) is 18.8. The second kappa shape index (κ2) is 8.59. The molecule has 0 radical (unpaired) electrons. The molecule has 1 N–H and O–H groups in total. The molecule has 0 spiro atoms. The number of benzene rings is 1. The zero-order valence-electron chi connectivity index (χ0n) is 13.7. The molecule has 0 aliphatic carbocycles. The first-order valence-electron chi connectivity index (χ1n) is 7.85. The van der Waals surface area contributed by atoms with Gasteiger partial charge in [-0.15, -0.1) is 11.3 Å². The quantitative estimate of drug-likeness (QED) is 0.592. The van der Waals surface area contributed by atoms with Gasteiger partial charge in [0.15, 0.2) is 0 Å². The van der Waals surface area contributed by atoms with Crippen LogP contribution < -0.4 is 4.90 Å². The SMILES string of the molecule is O=C1C(=Cc2cccs2)SC(=S)N1CC(=O)N(CCO)c1ccccc1. The Bertz CT molecular complexity index is 835. The number of thioether (sulfide) groups is 1. The molecule has 0 unspecified atom stereocenters. The highest BCUT2D eigenvalue weighted by Crippen LogP contribution is 2.33. The average molecular weight is 405 g/mol. The van der Waals surface area contributed by atoms with Gasteiger partial charge < -0.3 is 10.0 Å². The number of aliphatic hydroxyl groups excluding tert-OH is 1. The first-order valence-corrected chi connectivity index (χ1v) is 9.95. The lowest BCUT2D eigenvalue weighted by Gasteiger charge is -2.24. The molecule has 2 heterocycles. The molecule has 8 heteroatoms. The van der Waals surface area contributed by atoms with E-state index < -0.39 is 0 Å². The summed E-state index contributed by atoms with van der Waals surface area (Å²) in [4.78, 5) is 29.6. The molecule has 1 aliphatic heterocycles. The summed E-state index contributed by atoms with van der Waals surface area (Å²) in [7, 11) is 0. The standard InChI is InChI=1S/C18H16N2O3S3/c21-9-8-19(13-5-2-1-3-6-13)16(22)12-20-17(23)15(26-18(20)24)11-14-7-4-10-25-14/h1-7,10-11,21H,8-9,12H2. The monoisotopic (exact) mass is 404 g/mol. The minimum absolute atomic E-state index is 0.151. The fourth-order valence-corrected chi connectivity index (χ4v) is 4.44. The second-order valence-corrected chi connectivity index (χ2v) is 8.04. The lowest BCUT2D eigenvalue weighted by atomic mass is 10.2. The van der Waals surface area contributed by atoms with Crippen LogP contribution >= 0.6 is 35.3 Å². The summed E-state index contributed by atoms with van der Waals surface area (Å²) < 4.78 is 0.364. The van der Waals surface area contributed by atoms with Gasteiger partial charge in [-0.05, 0) is 29.7 Å². The van der Waals surface area contributed by atoms with Gasteiger partial charge in [-0.1, -0.05) is 48.2 Å². The second-order valence-electron chi connectivity index (χ2n) is 5.39. The lowest BCUT2D eigenvalue weighted by Crippen LogP contribution is -2.43. The Morgan fingerprint density at radius 1 is 1.23 bits per heavy atom. The zero-order valence-corrected chi connectivity index (χ0v) is 16.1. The zero-order chi connectivity index (χ0) is 18.5. The number of thiophene rings is 1. The van der Waals surface area contributed by atoms with Crippen molar-refractivity contribution in [3.05, 3.63) is 57.6 Å². The van der Waals surface area contributed by atoms with Gasteiger partial charge >= 0.3 is 0 Å². The Kier molecular flexibility index (Phi) is 6.20. The topological polar surface area (TPSA) is 60.9 Å². The van der Waals surface area contributed by atoms with Crippen LogP contribution in [0.3, 0.4) is 0 Å². The number of aliphatic hydroxyl groups is 1. The van der Waals surface area contributed by atoms with E-state index in [4.69, 9.17) is 12.2 Å². The van der Waals surface area contributed by atoms with E-state index in [9.17, 15) is 14.7 Å². The van der Waals surface area contributed by atoms with Gasteiger partial charge in [-0.25, -0.2) is 0 Å². The summed E-state index contributed by atoms with van der Waals surface area (Å²) in [6, 6.07) is 12.9. The molecule has 1 saturated heterocycles. The Labute approximate surface area is 164 Å². The van der Waals surface area contributed by atoms with Crippen LogP contribution in [-0.4, -0.2) is 45.8 Å². The van der Waals surface area contributed by atoms with E-state index in [0.717, 1.165) is 4.88 Å². The molecule has 1 fully saturated rings. The normalized spacial score (nSPS) is 15.7. The van der Waals surface area contributed by atoms with E-state index in [-0.39, 0.29) is 31.5 Å². The van der Waals surface area contributed by atoms with Crippen molar-refractivity contribution in [2.24, 2.45) is 0 Å². The summed E-state index contributed by atoms with van der Waals surface area (Å²) in [5.41, 5.74) is 0.672. The largest absolute Gasteiger partial charge is 0.395 e. The van der Waals surface area contributed by atoms with Crippen molar-refractivity contribution >= 4 is 63.2 Å². The van der Waals surface area contributed by atoms with Crippen LogP contribution in [0.2, 0.25) is 0 Å². The number of carbonyl (C=O) groups is 2. The molecule has 1 aromatic carbocycles. The maximum Gasteiger partial charge on any atom is 0.266 e. The molecule has 2 aromatic rings. The number of hydrogen-bond acceptors (Lipinski definition) is 6. The summed E-state index contributed by atoms with van der Waals surface area (Å²) in [5, 5.41) is 11.2. The summed E-state index contributed by atoms with van der Waals surface area (Å²) >= 11 is 8.02. The fourth-order valence-electron chi connectivity index (χ4n) is 2.47.